The van der Waals surface area contributed by atoms with E-state index in [2.05, 4.69) is 27.9 Å². The highest BCUT2D eigenvalue weighted by molar-refractivity contribution is 7.89. The molecule has 1 N–H and O–H groups in total. The Labute approximate surface area is 178 Å². The van der Waals surface area contributed by atoms with Crippen LogP contribution >= 0.6 is 0 Å². The molecule has 0 amide bonds. The first-order chi connectivity index (χ1) is 14.5. The molecule has 0 bridgehead atoms. The summed E-state index contributed by atoms with van der Waals surface area (Å²) in [7, 11) is -3.14. The van der Waals surface area contributed by atoms with Crippen molar-refractivity contribution in [2.45, 2.75) is 51.4 Å². The first-order valence-corrected chi connectivity index (χ1v) is 12.8. The van der Waals surface area contributed by atoms with Gasteiger partial charge in [-0.3, -0.25) is 0 Å². The molecule has 7 heteroatoms. The third-order valence-electron chi connectivity index (χ3n) is 7.07. The van der Waals surface area contributed by atoms with E-state index in [9.17, 15) is 8.42 Å². The molecule has 2 aliphatic rings. The summed E-state index contributed by atoms with van der Waals surface area (Å²) in [5, 5.41) is 2.32. The van der Waals surface area contributed by atoms with Gasteiger partial charge in [0.1, 0.15) is 0 Å². The summed E-state index contributed by atoms with van der Waals surface area (Å²) in [4.78, 5) is 12.1. The number of hydrogen-bond donors (Lipinski definition) is 1. The molecule has 3 aromatic rings. The lowest BCUT2D eigenvalue weighted by molar-refractivity contribution is 0.275. The molecule has 0 spiro atoms. The Kier molecular flexibility index (Phi) is 5.27. The van der Waals surface area contributed by atoms with Gasteiger partial charge in [0, 0.05) is 36.3 Å². The summed E-state index contributed by atoms with van der Waals surface area (Å²) >= 11 is 0. The molecular formula is C23H30N4O2S. The number of sulfonamides is 1. The van der Waals surface area contributed by atoms with Crippen molar-refractivity contribution in [3.8, 4) is 0 Å². The number of hydrogen-bond acceptors (Lipinski definition) is 4. The first kappa shape index (κ1) is 19.9. The highest BCUT2D eigenvalue weighted by Crippen LogP contribution is 2.40. The number of aromatic nitrogens is 3. The smallest absolute Gasteiger partial charge is 0.214 e. The average Bonchev–Trinajstić information content (AvgIpc) is 3.23. The lowest BCUT2D eigenvalue weighted by Gasteiger charge is -2.33. The molecule has 5 rings (SSSR count). The first-order valence-electron chi connectivity index (χ1n) is 11.2. The largest absolute Gasteiger partial charge is 0.360 e. The molecule has 3 aromatic heterocycles. The van der Waals surface area contributed by atoms with E-state index in [1.165, 1.54) is 10.9 Å². The van der Waals surface area contributed by atoms with Gasteiger partial charge in [-0.05, 0) is 74.0 Å². The Hall–Kier alpha value is -1.99. The fraction of sp³-hybridized carbons (Fsp3) is 0.565. The summed E-state index contributed by atoms with van der Waals surface area (Å²) in [6, 6.07) is 4.23. The second-order valence-corrected chi connectivity index (χ2v) is 11.3. The second kappa shape index (κ2) is 7.93. The lowest BCUT2D eigenvalue weighted by Crippen LogP contribution is -2.41. The Morgan fingerprint density at radius 2 is 1.97 bits per heavy atom. The topological polar surface area (TPSA) is 79.0 Å². The number of pyridine rings is 2. The van der Waals surface area contributed by atoms with Gasteiger partial charge in [-0.15, -0.1) is 0 Å². The minimum absolute atomic E-state index is 0.271. The van der Waals surface area contributed by atoms with Crippen molar-refractivity contribution in [3.05, 3.63) is 36.3 Å². The van der Waals surface area contributed by atoms with Crippen molar-refractivity contribution in [2.24, 2.45) is 11.8 Å². The minimum Gasteiger partial charge on any atom is -0.360 e. The summed E-state index contributed by atoms with van der Waals surface area (Å²) in [5.41, 5.74) is 3.17. The molecule has 1 atom stereocenters. The summed E-state index contributed by atoms with van der Waals surface area (Å²) in [6.45, 7) is 3.55. The predicted molar refractivity (Wildman–Crippen MR) is 120 cm³/mol. The molecule has 1 saturated heterocycles. The summed E-state index contributed by atoms with van der Waals surface area (Å²) in [6.07, 6.45) is 11.8. The normalized spacial score (nSPS) is 26.4. The van der Waals surface area contributed by atoms with Gasteiger partial charge in [0.25, 0.3) is 0 Å². The number of rotatable bonds is 4. The highest BCUT2D eigenvalue weighted by Gasteiger charge is 2.32. The number of nitrogens with zero attached hydrogens (tertiary/aromatic N) is 3. The van der Waals surface area contributed by atoms with Crippen LogP contribution in [0.15, 0.2) is 30.7 Å². The fourth-order valence-electron chi connectivity index (χ4n) is 5.47. The standard InChI is InChI=1S/C23H30N4O2S/c1-16-3-2-12-27(14-16)30(28,29)15-17-4-6-18(7-5-17)19-8-10-24-21-13-26-23-20(22(19)21)9-11-25-23/h8-11,13,16-18,24H,2-7,12,14-15H2,1H3. The summed E-state index contributed by atoms with van der Waals surface area (Å²) < 4.78 is 27.7. The number of nitrogens with one attached hydrogen (secondary N) is 1. The monoisotopic (exact) mass is 426 g/mol. The van der Waals surface area contributed by atoms with Crippen LogP contribution in [0.25, 0.3) is 21.9 Å². The van der Waals surface area contributed by atoms with E-state index in [-0.39, 0.29) is 5.92 Å². The van der Waals surface area contributed by atoms with Gasteiger partial charge in [-0.25, -0.2) is 22.7 Å². The highest BCUT2D eigenvalue weighted by atomic mass is 32.2. The van der Waals surface area contributed by atoms with Crippen LogP contribution in [0.3, 0.4) is 0 Å². The van der Waals surface area contributed by atoms with Crippen LogP contribution in [0.1, 0.15) is 56.9 Å². The lowest BCUT2D eigenvalue weighted by atomic mass is 9.78. The van der Waals surface area contributed by atoms with Crippen molar-refractivity contribution in [1.29, 1.82) is 0 Å². The number of fused-ring (bicyclic) bond motifs is 3. The van der Waals surface area contributed by atoms with E-state index in [0.29, 0.717) is 30.7 Å². The predicted octanol–water partition coefficient (Wildman–Crippen LogP) is 4.45. The molecule has 0 aromatic carbocycles. The van der Waals surface area contributed by atoms with E-state index >= 15 is 0 Å². The third-order valence-corrected chi connectivity index (χ3v) is 9.08. The molecule has 1 aliphatic carbocycles. The van der Waals surface area contributed by atoms with Crippen molar-refractivity contribution in [3.63, 3.8) is 0 Å². The van der Waals surface area contributed by atoms with Crippen LogP contribution in [-0.2, 0) is 10.0 Å². The van der Waals surface area contributed by atoms with E-state index in [1.54, 1.807) is 4.31 Å². The minimum atomic E-state index is -3.14. The zero-order valence-corrected chi connectivity index (χ0v) is 18.4. The van der Waals surface area contributed by atoms with E-state index in [4.69, 9.17) is 0 Å². The van der Waals surface area contributed by atoms with Gasteiger partial charge in [0.15, 0.2) is 5.65 Å². The van der Waals surface area contributed by atoms with E-state index in [1.807, 2.05) is 24.7 Å². The SMILES string of the molecule is CC1CCCN(S(=O)(=O)CC2CCC(c3cc[nH]c4cnc5nccc5c34)CC2)C1. The van der Waals surface area contributed by atoms with Crippen molar-refractivity contribution in [1.82, 2.24) is 19.3 Å². The molecule has 1 unspecified atom stereocenters. The number of aromatic amines is 1. The molecule has 30 heavy (non-hydrogen) atoms. The Balaban J connectivity index is 1.31. The molecule has 2 fully saturated rings. The molecule has 0 radical (unpaired) electrons. The zero-order valence-electron chi connectivity index (χ0n) is 17.5. The van der Waals surface area contributed by atoms with Crippen molar-refractivity contribution in [2.75, 3.05) is 18.8 Å². The Morgan fingerprint density at radius 1 is 1.13 bits per heavy atom. The van der Waals surface area contributed by atoms with Crippen LogP contribution in [0, 0.1) is 11.8 Å². The third kappa shape index (κ3) is 3.73. The molecule has 1 saturated carbocycles. The summed E-state index contributed by atoms with van der Waals surface area (Å²) in [5.74, 6) is 1.52. The maximum Gasteiger partial charge on any atom is 0.214 e. The van der Waals surface area contributed by atoms with Gasteiger partial charge >= 0.3 is 0 Å². The van der Waals surface area contributed by atoms with Crippen LogP contribution in [-0.4, -0.2) is 46.5 Å². The average molecular weight is 427 g/mol. The van der Waals surface area contributed by atoms with Gasteiger partial charge in [0.2, 0.25) is 10.0 Å². The second-order valence-electron chi connectivity index (χ2n) is 9.26. The van der Waals surface area contributed by atoms with Crippen molar-refractivity contribution < 1.29 is 8.42 Å². The number of piperidine rings is 1. The maximum atomic E-state index is 13.0. The van der Waals surface area contributed by atoms with Gasteiger partial charge in [-0.2, -0.15) is 0 Å². The van der Waals surface area contributed by atoms with Gasteiger partial charge < -0.3 is 4.98 Å². The maximum absolute atomic E-state index is 13.0. The molecule has 6 nitrogen and oxygen atoms in total. The fourth-order valence-corrected chi connectivity index (χ4v) is 7.50. The Bertz CT molecular complexity index is 1150. The molecule has 160 valence electrons. The van der Waals surface area contributed by atoms with Crippen LogP contribution < -0.4 is 0 Å². The van der Waals surface area contributed by atoms with Gasteiger partial charge in [-0.1, -0.05) is 6.92 Å². The van der Waals surface area contributed by atoms with E-state index in [0.717, 1.165) is 55.1 Å². The Morgan fingerprint density at radius 3 is 2.77 bits per heavy atom. The van der Waals surface area contributed by atoms with Gasteiger partial charge in [0.05, 0.1) is 17.5 Å². The molecular weight excluding hydrogens is 396 g/mol. The van der Waals surface area contributed by atoms with Crippen molar-refractivity contribution >= 4 is 32.0 Å². The zero-order chi connectivity index (χ0) is 20.7. The van der Waals surface area contributed by atoms with Crippen LogP contribution in [0.4, 0.5) is 0 Å². The molecule has 1 aliphatic heterocycles. The quantitative estimate of drug-likeness (QED) is 0.669. The number of H-pyrrole nitrogens is 1. The van der Waals surface area contributed by atoms with E-state index < -0.39 is 10.0 Å². The molecule has 4 heterocycles. The van der Waals surface area contributed by atoms with Crippen LogP contribution in [0.2, 0.25) is 0 Å². The van der Waals surface area contributed by atoms with Crippen LogP contribution in [0.5, 0.6) is 0 Å².